The molecule has 0 aliphatic carbocycles. The van der Waals surface area contributed by atoms with E-state index in [4.69, 9.17) is 16.3 Å². The van der Waals surface area contributed by atoms with E-state index in [9.17, 15) is 14.4 Å². The highest BCUT2D eigenvalue weighted by Gasteiger charge is 2.21. The Morgan fingerprint density at radius 3 is 2.44 bits per heavy atom. The number of esters is 1. The third-order valence-corrected chi connectivity index (χ3v) is 6.71. The molecule has 2 aliphatic rings. The van der Waals surface area contributed by atoms with Crippen LogP contribution >= 0.6 is 11.6 Å². The number of aromatic amines is 1. The first-order valence-electron chi connectivity index (χ1n) is 13.0. The van der Waals surface area contributed by atoms with Crippen molar-refractivity contribution in [2.75, 3.05) is 13.1 Å². The maximum atomic E-state index is 12.6. The molecule has 0 unspecified atom stereocenters. The highest BCUT2D eigenvalue weighted by atomic mass is 35.5. The van der Waals surface area contributed by atoms with Crippen molar-refractivity contribution in [3.05, 3.63) is 78.9 Å². The minimum Gasteiger partial charge on any atom is -0.460 e. The SMILES string of the molecule is Cc1cc2nc3c(=O)[nH]c(=O)nc-3n(CCN(CCCC(=O)OC(C)(C)C)Cc3ccc(Cl)cc3)c2cc1C. The number of carbonyl (C=O) groups is 1. The molecule has 2 heterocycles. The molecule has 39 heavy (non-hydrogen) atoms. The smallest absolute Gasteiger partial charge is 0.349 e. The third-order valence-electron chi connectivity index (χ3n) is 6.46. The van der Waals surface area contributed by atoms with Crippen molar-refractivity contribution in [3.8, 4) is 11.5 Å². The number of hydrogen-bond acceptors (Lipinski definition) is 7. The summed E-state index contributed by atoms with van der Waals surface area (Å²) in [4.78, 5) is 50.2. The maximum Gasteiger partial charge on any atom is 0.349 e. The second-order valence-corrected chi connectivity index (χ2v) is 11.3. The van der Waals surface area contributed by atoms with Crippen LogP contribution in [0.2, 0.25) is 5.02 Å². The first kappa shape index (κ1) is 28.4. The summed E-state index contributed by atoms with van der Waals surface area (Å²) in [5.41, 5.74) is 2.98. The number of hydrogen-bond donors (Lipinski definition) is 1. The molecule has 0 atom stereocenters. The van der Waals surface area contributed by atoms with Gasteiger partial charge in [0.25, 0.3) is 5.56 Å². The Balaban J connectivity index is 1.64. The second kappa shape index (κ2) is 11.7. The lowest BCUT2D eigenvalue weighted by Gasteiger charge is -2.25. The first-order valence-corrected chi connectivity index (χ1v) is 13.4. The van der Waals surface area contributed by atoms with E-state index in [0.29, 0.717) is 49.6 Å². The molecule has 0 saturated carbocycles. The van der Waals surface area contributed by atoms with E-state index in [1.54, 1.807) is 0 Å². The van der Waals surface area contributed by atoms with Gasteiger partial charge < -0.3 is 9.30 Å². The lowest BCUT2D eigenvalue weighted by molar-refractivity contribution is -0.155. The van der Waals surface area contributed by atoms with Gasteiger partial charge in [-0.1, -0.05) is 23.7 Å². The number of nitrogens with zero attached hydrogens (tertiary/aromatic N) is 4. The molecule has 0 spiro atoms. The van der Waals surface area contributed by atoms with Crippen LogP contribution in [0.5, 0.6) is 0 Å². The normalized spacial score (nSPS) is 12.0. The van der Waals surface area contributed by atoms with Gasteiger partial charge in [-0.25, -0.2) is 9.78 Å². The Morgan fingerprint density at radius 2 is 1.74 bits per heavy atom. The molecule has 0 radical (unpaired) electrons. The van der Waals surface area contributed by atoms with E-state index < -0.39 is 16.9 Å². The number of carbonyl (C=O) groups excluding carboxylic acids is 1. The van der Waals surface area contributed by atoms with Crippen molar-refractivity contribution < 1.29 is 9.53 Å². The number of fused-ring (bicyclic) bond motifs is 2. The van der Waals surface area contributed by atoms with Gasteiger partial charge in [-0.2, -0.15) is 4.98 Å². The van der Waals surface area contributed by atoms with E-state index in [1.807, 2.05) is 75.6 Å². The zero-order chi connectivity index (χ0) is 28.3. The molecule has 2 aromatic rings. The van der Waals surface area contributed by atoms with Crippen LogP contribution in [-0.4, -0.2) is 49.1 Å². The predicted octanol–water partition coefficient (Wildman–Crippen LogP) is 4.48. The molecule has 0 amide bonds. The van der Waals surface area contributed by atoms with Crippen LogP contribution < -0.4 is 11.2 Å². The monoisotopic (exact) mass is 551 g/mol. The van der Waals surface area contributed by atoms with Gasteiger partial charge in [-0.3, -0.25) is 19.5 Å². The molecule has 2 aliphatic heterocycles. The Hall–Kier alpha value is -3.56. The quantitative estimate of drug-likeness (QED) is 0.241. The minimum atomic E-state index is -0.707. The Labute approximate surface area is 232 Å². The fourth-order valence-corrected chi connectivity index (χ4v) is 4.60. The van der Waals surface area contributed by atoms with Crippen LogP contribution in [0.15, 0.2) is 46.0 Å². The molecule has 0 bridgehead atoms. The van der Waals surface area contributed by atoms with Crippen LogP contribution in [0, 0.1) is 13.8 Å². The van der Waals surface area contributed by atoms with Crippen molar-refractivity contribution in [2.45, 2.75) is 66.2 Å². The van der Waals surface area contributed by atoms with E-state index >= 15 is 0 Å². The van der Waals surface area contributed by atoms with Gasteiger partial charge in [-0.05, 0) is 88.5 Å². The zero-order valence-corrected chi connectivity index (χ0v) is 23.8. The molecule has 0 aromatic heterocycles. The number of rotatable bonds is 9. The zero-order valence-electron chi connectivity index (χ0n) is 23.0. The highest BCUT2D eigenvalue weighted by molar-refractivity contribution is 6.30. The van der Waals surface area contributed by atoms with Gasteiger partial charge in [0.1, 0.15) is 5.60 Å². The Bertz CT molecular complexity index is 1570. The Morgan fingerprint density at radius 1 is 1.05 bits per heavy atom. The molecule has 4 rings (SSSR count). The standard InChI is InChI=1S/C29H34ClN5O4/c1-18-15-22-23(16-19(18)2)35(26-25(31-22)27(37)33-28(38)32-26)14-13-34(17-20-8-10-21(30)11-9-20)12-6-7-24(36)39-29(3,4)5/h8-11,15-16H,6-7,12-14,17H2,1-5H3,(H,33,37,38). The van der Waals surface area contributed by atoms with Crippen molar-refractivity contribution in [3.63, 3.8) is 0 Å². The molecule has 0 fully saturated rings. The fourth-order valence-electron chi connectivity index (χ4n) is 4.48. The van der Waals surface area contributed by atoms with Gasteiger partial charge in [0.05, 0.1) is 11.0 Å². The average Bonchev–Trinajstić information content (AvgIpc) is 2.83. The third kappa shape index (κ3) is 7.30. The summed E-state index contributed by atoms with van der Waals surface area (Å²) >= 11 is 6.09. The van der Waals surface area contributed by atoms with Crippen molar-refractivity contribution in [2.24, 2.45) is 0 Å². The number of nitrogens with one attached hydrogen (secondary N) is 1. The van der Waals surface area contributed by atoms with E-state index in [-0.39, 0.29) is 17.5 Å². The summed E-state index contributed by atoms with van der Waals surface area (Å²) in [5.74, 6) is 0.0198. The molecular formula is C29H34ClN5O4. The minimum absolute atomic E-state index is 0.125. The van der Waals surface area contributed by atoms with Crippen LogP contribution in [0.25, 0.3) is 22.6 Å². The summed E-state index contributed by atoms with van der Waals surface area (Å²) in [6.07, 6.45) is 0.920. The fraction of sp³-hybridized carbons (Fsp3) is 0.414. The first-order chi connectivity index (χ1) is 18.4. The lowest BCUT2D eigenvalue weighted by Crippen LogP contribution is -2.32. The Kier molecular flexibility index (Phi) is 8.51. The van der Waals surface area contributed by atoms with Gasteiger partial charge in [0.15, 0.2) is 11.5 Å². The molecule has 2 aromatic carbocycles. The molecule has 10 heteroatoms. The molecule has 1 N–H and O–H groups in total. The largest absolute Gasteiger partial charge is 0.460 e. The van der Waals surface area contributed by atoms with Crippen LogP contribution in [0.4, 0.5) is 0 Å². The second-order valence-electron chi connectivity index (χ2n) is 10.8. The topological polar surface area (TPSA) is 110 Å². The van der Waals surface area contributed by atoms with Crippen LogP contribution in [0.1, 0.15) is 50.3 Å². The van der Waals surface area contributed by atoms with Crippen LogP contribution in [-0.2, 0) is 22.6 Å². The molecule has 9 nitrogen and oxygen atoms in total. The molecule has 206 valence electrons. The predicted molar refractivity (Wildman–Crippen MR) is 152 cm³/mol. The van der Waals surface area contributed by atoms with Crippen molar-refractivity contribution in [1.82, 2.24) is 24.4 Å². The highest BCUT2D eigenvalue weighted by Crippen LogP contribution is 2.24. The number of halogens is 1. The van der Waals surface area contributed by atoms with Crippen molar-refractivity contribution in [1.29, 1.82) is 0 Å². The average molecular weight is 552 g/mol. The summed E-state index contributed by atoms with van der Waals surface area (Å²) < 4.78 is 7.36. The number of H-pyrrole nitrogens is 1. The van der Waals surface area contributed by atoms with E-state index in [2.05, 4.69) is 19.9 Å². The van der Waals surface area contributed by atoms with E-state index in [1.165, 1.54) is 0 Å². The number of ether oxygens (including phenoxy) is 1. The molecular weight excluding hydrogens is 518 g/mol. The van der Waals surface area contributed by atoms with Gasteiger partial charge in [0.2, 0.25) is 0 Å². The van der Waals surface area contributed by atoms with E-state index in [0.717, 1.165) is 22.2 Å². The summed E-state index contributed by atoms with van der Waals surface area (Å²) in [7, 11) is 0. The summed E-state index contributed by atoms with van der Waals surface area (Å²) in [6.45, 7) is 11.9. The van der Waals surface area contributed by atoms with Crippen molar-refractivity contribution >= 4 is 28.6 Å². The number of aromatic nitrogens is 4. The van der Waals surface area contributed by atoms with Crippen LogP contribution in [0.3, 0.4) is 0 Å². The maximum absolute atomic E-state index is 12.6. The lowest BCUT2D eigenvalue weighted by atomic mass is 10.1. The summed E-state index contributed by atoms with van der Waals surface area (Å²) in [6, 6.07) is 11.6. The van der Waals surface area contributed by atoms with Gasteiger partial charge in [0, 0.05) is 31.1 Å². The molecule has 0 saturated heterocycles. The summed E-state index contributed by atoms with van der Waals surface area (Å²) in [5, 5.41) is 0.663. The van der Waals surface area contributed by atoms with Gasteiger partial charge >= 0.3 is 11.7 Å². The number of aryl methyl sites for hydroxylation is 2. The number of benzene rings is 2. The van der Waals surface area contributed by atoms with Gasteiger partial charge in [-0.15, -0.1) is 0 Å².